The van der Waals surface area contributed by atoms with Gasteiger partial charge in [-0.15, -0.1) is 11.3 Å². The quantitative estimate of drug-likeness (QED) is 0.930. The number of carbonyl (C=O) groups is 2. The summed E-state index contributed by atoms with van der Waals surface area (Å²) in [5, 5.41) is 2.48. The number of rotatable bonds is 4. The summed E-state index contributed by atoms with van der Waals surface area (Å²) in [6.07, 6.45) is 2.02. The molecule has 2 amide bonds. The van der Waals surface area contributed by atoms with Crippen LogP contribution in [-0.2, 0) is 4.79 Å². The molecule has 122 valence electrons. The van der Waals surface area contributed by atoms with E-state index in [0.717, 1.165) is 18.6 Å². The maximum Gasteiger partial charge on any atom is 0.273 e. The molecular weight excluding hydrogens is 314 g/mol. The van der Waals surface area contributed by atoms with Crippen LogP contribution in [0.5, 0.6) is 0 Å². The van der Waals surface area contributed by atoms with Gasteiger partial charge in [0.15, 0.2) is 10.8 Å². The summed E-state index contributed by atoms with van der Waals surface area (Å²) >= 11 is 1.40. The molecule has 0 radical (unpaired) electrons. The van der Waals surface area contributed by atoms with E-state index in [1.165, 1.54) is 11.3 Å². The third-order valence-electron chi connectivity index (χ3n) is 4.07. The van der Waals surface area contributed by atoms with E-state index in [1.54, 1.807) is 10.3 Å². The number of primary amides is 1. The van der Waals surface area contributed by atoms with Crippen LogP contribution in [-0.4, -0.2) is 34.8 Å². The molecule has 2 aromatic rings. The second-order valence-corrected chi connectivity index (χ2v) is 6.71. The first-order chi connectivity index (χ1) is 11.0. The fourth-order valence-corrected chi connectivity index (χ4v) is 3.57. The van der Waals surface area contributed by atoms with Crippen LogP contribution in [0, 0.1) is 12.8 Å². The van der Waals surface area contributed by atoms with Crippen LogP contribution in [0.1, 0.15) is 35.5 Å². The van der Waals surface area contributed by atoms with Crippen LogP contribution in [0.3, 0.4) is 0 Å². The van der Waals surface area contributed by atoms with E-state index in [2.05, 4.69) is 4.98 Å². The molecule has 1 aliphatic rings. The molecule has 0 saturated carbocycles. The number of hydrogen-bond acceptors (Lipinski definition) is 5. The number of hydrogen-bond donors (Lipinski definition) is 1. The SMILES string of the molecule is Cc1ccc(-c2nc(C(=O)N3CCC(CC(N)=O)CC3)cs2)o1. The van der Waals surface area contributed by atoms with E-state index in [1.807, 2.05) is 19.1 Å². The Kier molecular flexibility index (Phi) is 4.47. The summed E-state index contributed by atoms with van der Waals surface area (Å²) in [5.41, 5.74) is 5.68. The molecule has 3 heterocycles. The van der Waals surface area contributed by atoms with Gasteiger partial charge in [0, 0.05) is 24.9 Å². The highest BCUT2D eigenvalue weighted by atomic mass is 32.1. The summed E-state index contributed by atoms with van der Waals surface area (Å²) in [6.45, 7) is 3.16. The molecule has 23 heavy (non-hydrogen) atoms. The number of carbonyl (C=O) groups excluding carboxylic acids is 2. The van der Waals surface area contributed by atoms with Gasteiger partial charge in [-0.05, 0) is 37.8 Å². The fourth-order valence-electron chi connectivity index (χ4n) is 2.82. The van der Waals surface area contributed by atoms with Crippen LogP contribution >= 0.6 is 11.3 Å². The zero-order valence-electron chi connectivity index (χ0n) is 12.9. The monoisotopic (exact) mass is 333 g/mol. The highest BCUT2D eigenvalue weighted by Gasteiger charge is 2.26. The molecule has 0 aromatic carbocycles. The third-order valence-corrected chi connectivity index (χ3v) is 4.92. The average molecular weight is 333 g/mol. The molecule has 0 atom stereocenters. The van der Waals surface area contributed by atoms with Crippen molar-refractivity contribution in [3.05, 3.63) is 29.0 Å². The second kappa shape index (κ2) is 6.54. The van der Waals surface area contributed by atoms with E-state index in [-0.39, 0.29) is 17.7 Å². The normalized spacial score (nSPS) is 15.8. The van der Waals surface area contributed by atoms with Gasteiger partial charge >= 0.3 is 0 Å². The Labute approximate surface area is 138 Å². The predicted octanol–water partition coefficient (Wildman–Crippen LogP) is 2.44. The van der Waals surface area contributed by atoms with Crippen molar-refractivity contribution in [2.75, 3.05) is 13.1 Å². The molecule has 0 spiro atoms. The van der Waals surface area contributed by atoms with Gasteiger partial charge in [-0.25, -0.2) is 4.98 Å². The molecule has 3 rings (SSSR count). The van der Waals surface area contributed by atoms with Gasteiger partial charge in [-0.1, -0.05) is 0 Å². The number of aryl methyl sites for hydroxylation is 1. The first kappa shape index (κ1) is 15.7. The molecule has 0 unspecified atom stereocenters. The van der Waals surface area contributed by atoms with Crippen molar-refractivity contribution in [3.8, 4) is 10.8 Å². The molecule has 1 fully saturated rings. The van der Waals surface area contributed by atoms with Gasteiger partial charge in [0.25, 0.3) is 5.91 Å². The smallest absolute Gasteiger partial charge is 0.273 e. The van der Waals surface area contributed by atoms with Crippen LogP contribution < -0.4 is 5.73 Å². The van der Waals surface area contributed by atoms with Crippen molar-refractivity contribution in [2.45, 2.75) is 26.2 Å². The lowest BCUT2D eigenvalue weighted by Crippen LogP contribution is -2.39. The van der Waals surface area contributed by atoms with E-state index in [9.17, 15) is 9.59 Å². The molecule has 2 aromatic heterocycles. The molecule has 1 aliphatic heterocycles. The maximum atomic E-state index is 12.5. The molecule has 0 bridgehead atoms. The zero-order valence-corrected chi connectivity index (χ0v) is 13.8. The zero-order chi connectivity index (χ0) is 16.4. The van der Waals surface area contributed by atoms with Crippen LogP contribution in [0.15, 0.2) is 21.9 Å². The van der Waals surface area contributed by atoms with Gasteiger partial charge in [-0.2, -0.15) is 0 Å². The van der Waals surface area contributed by atoms with Crippen molar-refractivity contribution in [1.82, 2.24) is 9.88 Å². The molecule has 1 saturated heterocycles. The Morgan fingerprint density at radius 1 is 1.39 bits per heavy atom. The summed E-state index contributed by atoms with van der Waals surface area (Å²) in [6, 6.07) is 3.74. The van der Waals surface area contributed by atoms with E-state index < -0.39 is 0 Å². The number of nitrogens with zero attached hydrogens (tertiary/aromatic N) is 2. The Hall–Kier alpha value is -2.15. The van der Waals surface area contributed by atoms with Crippen molar-refractivity contribution >= 4 is 23.2 Å². The predicted molar refractivity (Wildman–Crippen MR) is 87.0 cm³/mol. The lowest BCUT2D eigenvalue weighted by molar-refractivity contribution is -0.119. The summed E-state index contributed by atoms with van der Waals surface area (Å²) in [5.74, 6) is 1.46. The minimum Gasteiger partial charge on any atom is -0.459 e. The Bertz CT molecular complexity index is 714. The lowest BCUT2D eigenvalue weighted by Gasteiger charge is -2.31. The van der Waals surface area contributed by atoms with Gasteiger partial charge in [0.05, 0.1) is 0 Å². The topological polar surface area (TPSA) is 89.4 Å². The van der Waals surface area contributed by atoms with E-state index >= 15 is 0 Å². The highest BCUT2D eigenvalue weighted by molar-refractivity contribution is 7.13. The number of amides is 2. The standard InChI is InChI=1S/C16H19N3O3S/c1-10-2-3-13(22-10)15-18-12(9-23-15)16(21)19-6-4-11(5-7-19)8-14(17)20/h2-3,9,11H,4-8H2,1H3,(H2,17,20). The minimum absolute atomic E-state index is 0.0618. The molecule has 7 heteroatoms. The van der Waals surface area contributed by atoms with E-state index in [0.29, 0.717) is 36.0 Å². The first-order valence-electron chi connectivity index (χ1n) is 7.63. The molecule has 6 nitrogen and oxygen atoms in total. The number of aromatic nitrogens is 1. The van der Waals surface area contributed by atoms with Gasteiger partial charge in [0.2, 0.25) is 5.91 Å². The number of furan rings is 1. The number of piperidine rings is 1. The molecular formula is C16H19N3O3S. The van der Waals surface area contributed by atoms with Crippen LogP contribution in [0.2, 0.25) is 0 Å². The second-order valence-electron chi connectivity index (χ2n) is 5.85. The summed E-state index contributed by atoms with van der Waals surface area (Å²) < 4.78 is 5.54. The summed E-state index contributed by atoms with van der Waals surface area (Å²) in [7, 11) is 0. The molecule has 0 aliphatic carbocycles. The van der Waals surface area contributed by atoms with Crippen LogP contribution in [0.4, 0.5) is 0 Å². The summed E-state index contributed by atoms with van der Waals surface area (Å²) in [4.78, 5) is 29.7. The number of nitrogens with two attached hydrogens (primary N) is 1. The van der Waals surface area contributed by atoms with Crippen molar-refractivity contribution < 1.29 is 14.0 Å². The van der Waals surface area contributed by atoms with E-state index in [4.69, 9.17) is 10.2 Å². The van der Waals surface area contributed by atoms with Crippen molar-refractivity contribution in [2.24, 2.45) is 11.7 Å². The Morgan fingerprint density at radius 3 is 2.74 bits per heavy atom. The average Bonchev–Trinajstić information content (AvgIpc) is 3.15. The minimum atomic E-state index is -0.271. The number of likely N-dealkylation sites (tertiary alicyclic amines) is 1. The maximum absolute atomic E-state index is 12.5. The fraction of sp³-hybridized carbons (Fsp3) is 0.438. The third kappa shape index (κ3) is 3.61. The van der Waals surface area contributed by atoms with Crippen molar-refractivity contribution in [3.63, 3.8) is 0 Å². The lowest BCUT2D eigenvalue weighted by atomic mass is 9.93. The molecule has 2 N–H and O–H groups in total. The van der Waals surface area contributed by atoms with Crippen molar-refractivity contribution in [1.29, 1.82) is 0 Å². The van der Waals surface area contributed by atoms with Gasteiger partial charge in [-0.3, -0.25) is 9.59 Å². The van der Waals surface area contributed by atoms with Gasteiger partial charge in [0.1, 0.15) is 11.5 Å². The van der Waals surface area contributed by atoms with Crippen LogP contribution in [0.25, 0.3) is 10.8 Å². The Balaban J connectivity index is 1.63. The Morgan fingerprint density at radius 2 is 2.13 bits per heavy atom. The highest BCUT2D eigenvalue weighted by Crippen LogP contribution is 2.27. The van der Waals surface area contributed by atoms with Gasteiger partial charge < -0.3 is 15.1 Å². The largest absolute Gasteiger partial charge is 0.459 e. The first-order valence-corrected chi connectivity index (χ1v) is 8.51. The number of thiazole rings is 1.